The molecular formula is C12H14F3N5. The van der Waals surface area contributed by atoms with E-state index in [1.165, 1.54) is 6.07 Å². The quantitative estimate of drug-likeness (QED) is 0.904. The lowest BCUT2D eigenvalue weighted by Crippen LogP contribution is -2.14. The zero-order chi connectivity index (χ0) is 14.9. The Morgan fingerprint density at radius 2 is 1.85 bits per heavy atom. The van der Waals surface area contributed by atoms with Crippen molar-refractivity contribution in [1.82, 2.24) is 15.0 Å². The lowest BCUT2D eigenvalue weighted by atomic mass is 10.1. The molecule has 2 rings (SSSR count). The fraction of sp³-hybridized carbons (Fsp3) is 0.417. The van der Waals surface area contributed by atoms with Crippen LogP contribution in [0.4, 0.5) is 24.9 Å². The molecule has 0 radical (unpaired) electrons. The number of anilines is 2. The first kappa shape index (κ1) is 14.3. The molecule has 0 fully saturated rings. The van der Waals surface area contributed by atoms with Crippen LogP contribution < -0.4 is 11.5 Å². The molecule has 0 aromatic carbocycles. The summed E-state index contributed by atoms with van der Waals surface area (Å²) in [6.07, 6.45) is -2.85. The smallest absolute Gasteiger partial charge is 0.382 e. The largest absolute Gasteiger partial charge is 0.433 e. The van der Waals surface area contributed by atoms with Crippen LogP contribution in [0, 0.1) is 0 Å². The molecular weight excluding hydrogens is 271 g/mol. The van der Waals surface area contributed by atoms with E-state index in [0.29, 0.717) is 6.42 Å². The molecule has 0 amide bonds. The summed E-state index contributed by atoms with van der Waals surface area (Å²) in [6, 6.07) is 1.34. The number of fused-ring (bicyclic) bond motifs is 1. The number of nitrogens with zero attached hydrogens (tertiary/aromatic N) is 3. The highest BCUT2D eigenvalue weighted by molar-refractivity contribution is 5.85. The summed E-state index contributed by atoms with van der Waals surface area (Å²) in [5, 5.41) is 0. The molecule has 0 spiro atoms. The Morgan fingerprint density at radius 1 is 1.15 bits per heavy atom. The van der Waals surface area contributed by atoms with Gasteiger partial charge < -0.3 is 11.5 Å². The highest BCUT2D eigenvalue weighted by Crippen LogP contribution is 2.33. The first-order valence-corrected chi connectivity index (χ1v) is 6.12. The number of halogens is 3. The predicted molar refractivity (Wildman–Crippen MR) is 69.8 cm³/mol. The van der Waals surface area contributed by atoms with Gasteiger partial charge in [-0.05, 0) is 24.5 Å². The molecule has 0 aliphatic heterocycles. The lowest BCUT2D eigenvalue weighted by Gasteiger charge is -2.13. The molecule has 2 aromatic heterocycles. The van der Waals surface area contributed by atoms with Crippen LogP contribution in [0.5, 0.6) is 0 Å². The number of aromatic nitrogens is 3. The van der Waals surface area contributed by atoms with Crippen molar-refractivity contribution in [1.29, 1.82) is 0 Å². The van der Waals surface area contributed by atoms with E-state index < -0.39 is 11.9 Å². The third kappa shape index (κ3) is 2.73. The first-order valence-electron chi connectivity index (χ1n) is 6.12. The zero-order valence-electron chi connectivity index (χ0n) is 10.8. The monoisotopic (exact) mass is 285 g/mol. The second-order valence-corrected chi connectivity index (χ2v) is 4.43. The number of unbranched alkanes of at least 4 members (excludes halogenated alkanes) is 1. The van der Waals surface area contributed by atoms with Crippen molar-refractivity contribution in [2.24, 2.45) is 0 Å². The molecule has 0 bridgehead atoms. The first-order chi connectivity index (χ1) is 9.32. The number of nitrogens with two attached hydrogens (primary N) is 2. The van der Waals surface area contributed by atoms with Crippen molar-refractivity contribution in [2.75, 3.05) is 11.5 Å². The van der Waals surface area contributed by atoms with E-state index in [1.807, 2.05) is 6.92 Å². The van der Waals surface area contributed by atoms with Gasteiger partial charge in [0.2, 0.25) is 5.95 Å². The third-order valence-electron chi connectivity index (χ3n) is 2.86. The van der Waals surface area contributed by atoms with Gasteiger partial charge in [0.15, 0.2) is 5.82 Å². The van der Waals surface area contributed by atoms with Crippen LogP contribution >= 0.6 is 0 Å². The van der Waals surface area contributed by atoms with Crippen molar-refractivity contribution < 1.29 is 13.2 Å². The Bertz CT molecular complexity index is 639. The van der Waals surface area contributed by atoms with Crippen molar-refractivity contribution in [3.05, 3.63) is 17.3 Å². The van der Waals surface area contributed by atoms with Crippen LogP contribution in [0.15, 0.2) is 6.07 Å². The maximum Gasteiger partial charge on any atom is 0.433 e. The Labute approximate surface area is 113 Å². The van der Waals surface area contributed by atoms with E-state index in [2.05, 4.69) is 15.0 Å². The maximum absolute atomic E-state index is 13.0. The van der Waals surface area contributed by atoms with Gasteiger partial charge >= 0.3 is 6.18 Å². The fourth-order valence-corrected chi connectivity index (χ4v) is 1.94. The Balaban J connectivity index is 2.68. The highest BCUT2D eigenvalue weighted by Gasteiger charge is 2.35. The minimum Gasteiger partial charge on any atom is -0.382 e. The van der Waals surface area contributed by atoms with Gasteiger partial charge in [-0.15, -0.1) is 0 Å². The SMILES string of the molecule is CCCCc1cc2nc(N)nc(N)c2nc1C(F)(F)F. The molecule has 8 heteroatoms. The Hall–Kier alpha value is -2.12. The molecule has 20 heavy (non-hydrogen) atoms. The Kier molecular flexibility index (Phi) is 3.65. The topological polar surface area (TPSA) is 90.7 Å². The van der Waals surface area contributed by atoms with Crippen LogP contribution in [-0.2, 0) is 12.6 Å². The molecule has 5 nitrogen and oxygen atoms in total. The summed E-state index contributed by atoms with van der Waals surface area (Å²) in [5.41, 5.74) is 10.3. The van der Waals surface area contributed by atoms with Crippen molar-refractivity contribution in [2.45, 2.75) is 32.4 Å². The van der Waals surface area contributed by atoms with E-state index in [0.717, 1.165) is 6.42 Å². The van der Waals surface area contributed by atoms with Crippen LogP contribution in [0.25, 0.3) is 11.0 Å². The van der Waals surface area contributed by atoms with Gasteiger partial charge in [0, 0.05) is 0 Å². The molecule has 0 aliphatic carbocycles. The fourth-order valence-electron chi connectivity index (χ4n) is 1.94. The highest BCUT2D eigenvalue weighted by atomic mass is 19.4. The van der Waals surface area contributed by atoms with E-state index in [4.69, 9.17) is 11.5 Å². The number of hydrogen-bond donors (Lipinski definition) is 2. The van der Waals surface area contributed by atoms with E-state index in [-0.39, 0.29) is 34.8 Å². The zero-order valence-corrected chi connectivity index (χ0v) is 10.8. The molecule has 108 valence electrons. The molecule has 0 saturated heterocycles. The van der Waals surface area contributed by atoms with Gasteiger partial charge in [-0.2, -0.15) is 18.2 Å². The van der Waals surface area contributed by atoms with Gasteiger partial charge in [0.1, 0.15) is 11.2 Å². The number of rotatable bonds is 3. The van der Waals surface area contributed by atoms with Gasteiger partial charge in [0.25, 0.3) is 0 Å². The maximum atomic E-state index is 13.0. The van der Waals surface area contributed by atoms with Gasteiger partial charge in [-0.1, -0.05) is 13.3 Å². The van der Waals surface area contributed by atoms with Gasteiger partial charge in [0.05, 0.1) is 5.52 Å². The molecule has 4 N–H and O–H groups in total. The van der Waals surface area contributed by atoms with Crippen LogP contribution in [0.3, 0.4) is 0 Å². The second-order valence-electron chi connectivity index (χ2n) is 4.43. The summed E-state index contributed by atoms with van der Waals surface area (Å²) < 4.78 is 39.1. The lowest BCUT2D eigenvalue weighted by molar-refractivity contribution is -0.141. The van der Waals surface area contributed by atoms with E-state index in [1.54, 1.807) is 0 Å². The summed E-state index contributed by atoms with van der Waals surface area (Å²) in [7, 11) is 0. The van der Waals surface area contributed by atoms with Crippen LogP contribution in [0.1, 0.15) is 31.0 Å². The summed E-state index contributed by atoms with van der Waals surface area (Å²) in [6.45, 7) is 1.90. The Morgan fingerprint density at radius 3 is 2.45 bits per heavy atom. The summed E-state index contributed by atoms with van der Waals surface area (Å²) in [5.74, 6) is -0.238. The number of alkyl halides is 3. The van der Waals surface area contributed by atoms with Crippen LogP contribution in [0.2, 0.25) is 0 Å². The van der Waals surface area contributed by atoms with Crippen LogP contribution in [-0.4, -0.2) is 15.0 Å². The predicted octanol–water partition coefficient (Wildman–Crippen LogP) is 2.55. The molecule has 0 unspecified atom stereocenters. The second kappa shape index (κ2) is 5.10. The molecule has 0 aliphatic rings. The third-order valence-corrected chi connectivity index (χ3v) is 2.86. The number of aryl methyl sites for hydroxylation is 1. The van der Waals surface area contributed by atoms with Gasteiger partial charge in [-0.25, -0.2) is 9.97 Å². The summed E-state index contributed by atoms with van der Waals surface area (Å²) >= 11 is 0. The normalized spacial score (nSPS) is 12.0. The average Bonchev–Trinajstić information content (AvgIpc) is 2.33. The average molecular weight is 285 g/mol. The molecule has 0 saturated carbocycles. The number of hydrogen-bond acceptors (Lipinski definition) is 5. The van der Waals surface area contributed by atoms with E-state index in [9.17, 15) is 13.2 Å². The minimum atomic E-state index is -4.54. The van der Waals surface area contributed by atoms with Crippen molar-refractivity contribution in [3.63, 3.8) is 0 Å². The molecule has 0 atom stereocenters. The standard InChI is InChI=1S/C12H14F3N5/c1-2-3-4-6-5-7-8(10(16)20-11(17)18-7)19-9(6)12(13,14)15/h5H,2-4H2,1H3,(H4,16,17,18,20). The molecule has 2 heterocycles. The van der Waals surface area contributed by atoms with Gasteiger partial charge in [-0.3, -0.25) is 0 Å². The summed E-state index contributed by atoms with van der Waals surface area (Å²) in [4.78, 5) is 11.1. The minimum absolute atomic E-state index is 0.0771. The van der Waals surface area contributed by atoms with Crippen molar-refractivity contribution >= 4 is 22.8 Å². The number of pyridine rings is 1. The molecule has 2 aromatic rings. The van der Waals surface area contributed by atoms with E-state index >= 15 is 0 Å². The number of nitrogen functional groups attached to an aromatic ring is 2. The van der Waals surface area contributed by atoms with Crippen molar-refractivity contribution in [3.8, 4) is 0 Å².